The molecular weight excluding hydrogens is 292 g/mol. The molecule has 23 heavy (non-hydrogen) atoms. The molecule has 120 valence electrons. The number of aryl methyl sites for hydroxylation is 2. The van der Waals surface area contributed by atoms with Crippen LogP contribution in [0.5, 0.6) is 0 Å². The zero-order chi connectivity index (χ0) is 16.0. The van der Waals surface area contributed by atoms with Gasteiger partial charge in [0.15, 0.2) is 5.65 Å². The van der Waals surface area contributed by atoms with Gasteiger partial charge in [0, 0.05) is 26.0 Å². The molecule has 1 unspecified atom stereocenters. The molecule has 0 aliphatic carbocycles. The minimum absolute atomic E-state index is 0.118. The van der Waals surface area contributed by atoms with Crippen molar-refractivity contribution in [3.05, 3.63) is 46.4 Å². The first-order valence-corrected chi connectivity index (χ1v) is 7.89. The average molecular weight is 312 g/mol. The van der Waals surface area contributed by atoms with E-state index in [1.807, 2.05) is 0 Å². The maximum atomic E-state index is 12.2. The summed E-state index contributed by atoms with van der Waals surface area (Å²) >= 11 is 0. The van der Waals surface area contributed by atoms with Gasteiger partial charge in [0.25, 0.3) is 5.56 Å². The fourth-order valence-corrected chi connectivity index (χ4v) is 3.52. The summed E-state index contributed by atoms with van der Waals surface area (Å²) in [6.07, 6.45) is 5.94. The van der Waals surface area contributed by atoms with Gasteiger partial charge in [0.1, 0.15) is 11.2 Å². The number of nitrogens with zero attached hydrogens (tertiary/aromatic N) is 5. The molecule has 1 aliphatic rings. The quantitative estimate of drug-likeness (QED) is 0.792. The van der Waals surface area contributed by atoms with Crippen molar-refractivity contribution in [3.8, 4) is 0 Å². The monoisotopic (exact) mass is 312 g/mol. The minimum Gasteiger partial charge on any atom is -0.353 e. The van der Waals surface area contributed by atoms with Gasteiger partial charge < -0.3 is 9.55 Å². The van der Waals surface area contributed by atoms with E-state index in [1.54, 1.807) is 17.9 Å². The number of rotatable bonds is 3. The van der Waals surface area contributed by atoms with Crippen molar-refractivity contribution in [2.75, 3.05) is 6.54 Å². The molecule has 0 spiro atoms. The van der Waals surface area contributed by atoms with Gasteiger partial charge in [-0.3, -0.25) is 14.4 Å². The predicted molar refractivity (Wildman–Crippen MR) is 86.9 cm³/mol. The Hall–Kier alpha value is -2.41. The molecule has 0 bridgehead atoms. The van der Waals surface area contributed by atoms with Crippen LogP contribution in [-0.4, -0.2) is 35.8 Å². The van der Waals surface area contributed by atoms with Crippen LogP contribution in [0.2, 0.25) is 0 Å². The third-order valence-electron chi connectivity index (χ3n) is 4.69. The Bertz CT molecular complexity index is 905. The van der Waals surface area contributed by atoms with E-state index >= 15 is 0 Å². The lowest BCUT2D eigenvalue weighted by Crippen LogP contribution is -2.26. The summed E-state index contributed by atoms with van der Waals surface area (Å²) in [7, 11) is 3.88. The van der Waals surface area contributed by atoms with Crippen molar-refractivity contribution in [2.24, 2.45) is 14.1 Å². The largest absolute Gasteiger partial charge is 0.353 e. The van der Waals surface area contributed by atoms with E-state index in [2.05, 4.69) is 49.9 Å². The van der Waals surface area contributed by atoms with Crippen LogP contribution in [0, 0.1) is 0 Å². The zero-order valence-corrected chi connectivity index (χ0v) is 13.4. The number of fused-ring (bicyclic) bond motifs is 1. The van der Waals surface area contributed by atoms with Gasteiger partial charge >= 0.3 is 0 Å². The van der Waals surface area contributed by atoms with E-state index in [9.17, 15) is 4.79 Å². The lowest BCUT2D eigenvalue weighted by atomic mass is 10.1. The highest BCUT2D eigenvalue weighted by molar-refractivity contribution is 5.72. The summed E-state index contributed by atoms with van der Waals surface area (Å²) < 4.78 is 3.82. The molecule has 0 aromatic carbocycles. The Morgan fingerprint density at radius 2 is 2.26 bits per heavy atom. The number of nitrogens with one attached hydrogen (secondary N) is 1. The van der Waals surface area contributed by atoms with Crippen molar-refractivity contribution in [1.29, 1.82) is 0 Å². The van der Waals surface area contributed by atoms with Crippen LogP contribution in [0.15, 0.2) is 29.3 Å². The Kier molecular flexibility index (Phi) is 3.30. The molecule has 1 aliphatic heterocycles. The number of H-pyrrole nitrogens is 1. The highest BCUT2D eigenvalue weighted by Crippen LogP contribution is 2.32. The zero-order valence-electron chi connectivity index (χ0n) is 13.4. The average Bonchev–Trinajstić information content (AvgIpc) is 3.21. The lowest BCUT2D eigenvalue weighted by Gasteiger charge is -2.24. The van der Waals surface area contributed by atoms with Gasteiger partial charge in [-0.05, 0) is 31.5 Å². The maximum absolute atomic E-state index is 12.2. The Labute approximate surface area is 133 Å². The van der Waals surface area contributed by atoms with Gasteiger partial charge in [0.2, 0.25) is 0 Å². The molecule has 7 nitrogen and oxygen atoms in total. The van der Waals surface area contributed by atoms with Crippen LogP contribution < -0.4 is 5.56 Å². The van der Waals surface area contributed by atoms with Crippen molar-refractivity contribution in [1.82, 2.24) is 29.2 Å². The van der Waals surface area contributed by atoms with E-state index in [0.717, 1.165) is 19.4 Å². The Morgan fingerprint density at radius 3 is 3.04 bits per heavy atom. The molecule has 0 amide bonds. The van der Waals surface area contributed by atoms with Crippen LogP contribution in [0.4, 0.5) is 0 Å². The van der Waals surface area contributed by atoms with E-state index in [0.29, 0.717) is 29.4 Å². The SMILES string of the molecule is Cn1cccc1C1CCCN1Cc1nc2c(cnn2C)c(=O)[nH]1. The lowest BCUT2D eigenvalue weighted by molar-refractivity contribution is 0.235. The predicted octanol–water partition coefficient (Wildman–Crippen LogP) is 1.33. The Balaban J connectivity index is 1.66. The molecule has 1 fully saturated rings. The highest BCUT2D eigenvalue weighted by Gasteiger charge is 2.28. The second kappa shape index (κ2) is 5.34. The molecule has 1 saturated heterocycles. The fourth-order valence-electron chi connectivity index (χ4n) is 3.52. The van der Waals surface area contributed by atoms with Crippen LogP contribution in [0.25, 0.3) is 11.0 Å². The maximum Gasteiger partial charge on any atom is 0.262 e. The van der Waals surface area contributed by atoms with Gasteiger partial charge in [-0.15, -0.1) is 0 Å². The van der Waals surface area contributed by atoms with Gasteiger partial charge in [-0.25, -0.2) is 4.98 Å². The molecule has 3 aromatic rings. The minimum atomic E-state index is -0.118. The van der Waals surface area contributed by atoms with E-state index < -0.39 is 0 Å². The summed E-state index contributed by atoms with van der Waals surface area (Å²) in [6.45, 7) is 1.66. The first-order chi connectivity index (χ1) is 11.1. The summed E-state index contributed by atoms with van der Waals surface area (Å²) in [4.78, 5) is 22.1. The molecule has 0 radical (unpaired) electrons. The molecule has 4 rings (SSSR count). The highest BCUT2D eigenvalue weighted by atomic mass is 16.1. The molecule has 3 aromatic heterocycles. The van der Waals surface area contributed by atoms with Crippen LogP contribution in [0.1, 0.15) is 30.4 Å². The first-order valence-electron chi connectivity index (χ1n) is 7.89. The van der Waals surface area contributed by atoms with Crippen LogP contribution >= 0.6 is 0 Å². The molecule has 4 heterocycles. The fraction of sp³-hybridized carbons (Fsp3) is 0.438. The number of aromatic amines is 1. The third-order valence-corrected chi connectivity index (χ3v) is 4.69. The summed E-state index contributed by atoms with van der Waals surface area (Å²) in [5.41, 5.74) is 1.83. The third kappa shape index (κ3) is 2.37. The second-order valence-electron chi connectivity index (χ2n) is 6.19. The van der Waals surface area contributed by atoms with Crippen molar-refractivity contribution in [3.63, 3.8) is 0 Å². The molecule has 1 atom stereocenters. The van der Waals surface area contributed by atoms with Crippen molar-refractivity contribution >= 4 is 11.0 Å². The van der Waals surface area contributed by atoms with Crippen molar-refractivity contribution < 1.29 is 0 Å². The number of hydrogen-bond acceptors (Lipinski definition) is 4. The normalized spacial score (nSPS) is 19.0. The van der Waals surface area contributed by atoms with Crippen LogP contribution in [-0.2, 0) is 20.6 Å². The summed E-state index contributed by atoms with van der Waals surface area (Å²) in [5.74, 6) is 0.701. The molecular formula is C16H20N6O. The summed E-state index contributed by atoms with van der Waals surface area (Å²) in [6, 6.07) is 4.62. The smallest absolute Gasteiger partial charge is 0.262 e. The number of aromatic nitrogens is 5. The molecule has 0 saturated carbocycles. The van der Waals surface area contributed by atoms with Crippen LogP contribution in [0.3, 0.4) is 0 Å². The van der Waals surface area contributed by atoms with Gasteiger partial charge in [-0.2, -0.15) is 5.10 Å². The Morgan fingerprint density at radius 1 is 1.39 bits per heavy atom. The number of likely N-dealkylation sites (tertiary alicyclic amines) is 1. The van der Waals surface area contributed by atoms with E-state index in [-0.39, 0.29) is 5.56 Å². The van der Waals surface area contributed by atoms with E-state index in [4.69, 9.17) is 0 Å². The first kappa shape index (κ1) is 14.2. The second-order valence-corrected chi connectivity index (χ2v) is 6.19. The topological polar surface area (TPSA) is 71.7 Å². The number of hydrogen-bond donors (Lipinski definition) is 1. The van der Waals surface area contributed by atoms with E-state index in [1.165, 1.54) is 5.69 Å². The van der Waals surface area contributed by atoms with Gasteiger partial charge in [-0.1, -0.05) is 0 Å². The summed E-state index contributed by atoms with van der Waals surface area (Å²) in [5, 5.41) is 4.65. The van der Waals surface area contributed by atoms with Gasteiger partial charge in [0.05, 0.1) is 18.8 Å². The molecule has 1 N–H and O–H groups in total. The standard InChI is InChI=1S/C16H20N6O/c1-20-7-3-5-12(20)13-6-4-8-22(13)10-14-18-15-11(16(23)19-14)9-17-21(15)2/h3,5,7,9,13H,4,6,8,10H2,1-2H3,(H,18,19,23). The van der Waals surface area contributed by atoms with Crippen molar-refractivity contribution in [2.45, 2.75) is 25.4 Å². The molecule has 7 heteroatoms.